The van der Waals surface area contributed by atoms with Crippen LogP contribution in [0.25, 0.3) is 0 Å². The first-order valence-electron chi connectivity index (χ1n) is 4.95. The Bertz CT molecular complexity index is 689. The molecule has 1 aromatic carbocycles. The molecule has 0 atom stereocenters. The van der Waals surface area contributed by atoms with Crippen molar-refractivity contribution in [3.8, 4) is 0 Å². The molecule has 2 aromatic rings. The molecular formula is C10H8BrFN2O3S2. The van der Waals surface area contributed by atoms with Gasteiger partial charge in [-0.2, -0.15) is 0 Å². The minimum Gasteiger partial charge on any atom is -0.392 e. The second kappa shape index (κ2) is 5.53. The lowest BCUT2D eigenvalue weighted by Crippen LogP contribution is -2.15. The normalized spacial score (nSPS) is 11.5. The molecule has 19 heavy (non-hydrogen) atoms. The summed E-state index contributed by atoms with van der Waals surface area (Å²) < 4.78 is 40.6. The first kappa shape index (κ1) is 14.4. The molecule has 0 aliphatic rings. The van der Waals surface area contributed by atoms with E-state index in [0.29, 0.717) is 4.47 Å². The highest BCUT2D eigenvalue weighted by atomic mass is 79.9. The van der Waals surface area contributed by atoms with Crippen LogP contribution in [-0.4, -0.2) is 18.5 Å². The molecule has 0 radical (unpaired) electrons. The summed E-state index contributed by atoms with van der Waals surface area (Å²) in [5.41, 5.74) is -0.103. The number of benzene rings is 1. The number of sulfonamides is 1. The van der Waals surface area contributed by atoms with Gasteiger partial charge in [0.2, 0.25) is 0 Å². The molecule has 0 spiro atoms. The van der Waals surface area contributed by atoms with Crippen molar-refractivity contribution in [3.63, 3.8) is 0 Å². The van der Waals surface area contributed by atoms with Crippen LogP contribution < -0.4 is 4.72 Å². The van der Waals surface area contributed by atoms with E-state index in [4.69, 9.17) is 5.11 Å². The van der Waals surface area contributed by atoms with Gasteiger partial charge < -0.3 is 5.11 Å². The van der Waals surface area contributed by atoms with Crippen molar-refractivity contribution >= 4 is 42.4 Å². The summed E-state index contributed by atoms with van der Waals surface area (Å²) >= 11 is 4.15. The maximum atomic E-state index is 14.0. The third kappa shape index (κ3) is 3.11. The van der Waals surface area contributed by atoms with E-state index in [1.165, 1.54) is 12.3 Å². The topological polar surface area (TPSA) is 79.3 Å². The van der Waals surface area contributed by atoms with Crippen LogP contribution in [0.15, 0.2) is 33.1 Å². The Balaban J connectivity index is 2.48. The predicted molar refractivity (Wildman–Crippen MR) is 72.9 cm³/mol. The summed E-state index contributed by atoms with van der Waals surface area (Å²) in [7, 11) is -4.09. The van der Waals surface area contributed by atoms with Gasteiger partial charge >= 0.3 is 0 Å². The van der Waals surface area contributed by atoms with Crippen LogP contribution >= 0.6 is 27.3 Å². The van der Waals surface area contributed by atoms with Crippen LogP contribution in [0, 0.1) is 5.82 Å². The van der Waals surface area contributed by atoms with Crippen LogP contribution in [0.5, 0.6) is 0 Å². The monoisotopic (exact) mass is 366 g/mol. The van der Waals surface area contributed by atoms with Crippen molar-refractivity contribution in [1.82, 2.24) is 4.98 Å². The molecule has 0 unspecified atom stereocenters. The van der Waals surface area contributed by atoms with E-state index in [-0.39, 0.29) is 10.7 Å². The number of aliphatic hydroxyl groups excluding tert-OH is 1. The third-order valence-corrected chi connectivity index (χ3v) is 4.81. The van der Waals surface area contributed by atoms with Crippen LogP contribution in [0.2, 0.25) is 0 Å². The predicted octanol–water partition coefficient (Wildman–Crippen LogP) is 2.34. The SMILES string of the molecule is O=S(=O)(Nc1nccs1)c1cc(Br)cc(CO)c1F. The summed E-state index contributed by atoms with van der Waals surface area (Å²) in [6, 6.07) is 2.45. The Hall–Kier alpha value is -1.03. The molecule has 1 heterocycles. The molecule has 102 valence electrons. The number of nitrogens with one attached hydrogen (secondary N) is 1. The summed E-state index contributed by atoms with van der Waals surface area (Å²) in [5.74, 6) is -0.977. The average molecular weight is 367 g/mol. The van der Waals surface area contributed by atoms with Gasteiger partial charge in [0.05, 0.1) is 6.61 Å². The molecule has 0 saturated heterocycles. The Morgan fingerprint density at radius 1 is 1.47 bits per heavy atom. The van der Waals surface area contributed by atoms with E-state index in [1.54, 1.807) is 5.38 Å². The van der Waals surface area contributed by atoms with Crippen molar-refractivity contribution < 1.29 is 17.9 Å². The molecule has 0 amide bonds. The number of anilines is 1. The molecule has 0 saturated carbocycles. The van der Waals surface area contributed by atoms with Crippen LogP contribution in [0.1, 0.15) is 5.56 Å². The molecule has 2 N–H and O–H groups in total. The van der Waals surface area contributed by atoms with Gasteiger partial charge in [-0.25, -0.2) is 17.8 Å². The van der Waals surface area contributed by atoms with Gasteiger partial charge in [-0.3, -0.25) is 4.72 Å². The molecule has 2 rings (SSSR count). The lowest BCUT2D eigenvalue weighted by Gasteiger charge is -2.09. The second-order valence-corrected chi connectivity index (χ2v) is 6.94. The van der Waals surface area contributed by atoms with Crippen LogP contribution in [-0.2, 0) is 16.6 Å². The first-order valence-corrected chi connectivity index (χ1v) is 8.10. The number of hydrogen-bond donors (Lipinski definition) is 2. The van der Waals surface area contributed by atoms with Gasteiger partial charge in [0.25, 0.3) is 10.0 Å². The average Bonchev–Trinajstić information content (AvgIpc) is 2.83. The second-order valence-electron chi connectivity index (χ2n) is 3.48. The molecule has 5 nitrogen and oxygen atoms in total. The molecule has 0 bridgehead atoms. The highest BCUT2D eigenvalue weighted by Crippen LogP contribution is 2.26. The quantitative estimate of drug-likeness (QED) is 0.870. The van der Waals surface area contributed by atoms with Gasteiger partial charge in [0.1, 0.15) is 10.7 Å². The fourth-order valence-corrected chi connectivity index (χ4v) is 3.97. The Kier molecular flexibility index (Phi) is 4.19. The number of thiazole rings is 1. The third-order valence-electron chi connectivity index (χ3n) is 2.19. The largest absolute Gasteiger partial charge is 0.392 e. The van der Waals surface area contributed by atoms with Gasteiger partial charge in [-0.1, -0.05) is 15.9 Å². The summed E-state index contributed by atoms with van der Waals surface area (Å²) in [6.07, 6.45) is 1.43. The fourth-order valence-electron chi connectivity index (χ4n) is 1.37. The summed E-state index contributed by atoms with van der Waals surface area (Å²) in [6.45, 7) is -0.592. The lowest BCUT2D eigenvalue weighted by molar-refractivity contribution is 0.274. The zero-order valence-corrected chi connectivity index (χ0v) is 12.5. The number of rotatable bonds is 4. The zero-order chi connectivity index (χ0) is 14.0. The van der Waals surface area contributed by atoms with Gasteiger partial charge in [0, 0.05) is 21.6 Å². The van der Waals surface area contributed by atoms with Gasteiger partial charge in [-0.05, 0) is 12.1 Å². The summed E-state index contributed by atoms with van der Waals surface area (Å²) in [4.78, 5) is 3.23. The van der Waals surface area contributed by atoms with E-state index in [0.717, 1.165) is 17.4 Å². The van der Waals surface area contributed by atoms with Crippen molar-refractivity contribution in [2.24, 2.45) is 0 Å². The van der Waals surface area contributed by atoms with E-state index < -0.39 is 27.3 Å². The van der Waals surface area contributed by atoms with E-state index in [9.17, 15) is 12.8 Å². The number of halogens is 2. The highest BCUT2D eigenvalue weighted by Gasteiger charge is 2.23. The van der Waals surface area contributed by atoms with Gasteiger partial charge in [-0.15, -0.1) is 11.3 Å². The molecule has 9 heteroatoms. The first-order chi connectivity index (χ1) is 8.94. The highest BCUT2D eigenvalue weighted by molar-refractivity contribution is 9.10. The number of aliphatic hydroxyl groups is 1. The maximum absolute atomic E-state index is 14.0. The minimum absolute atomic E-state index is 0.103. The number of hydrogen-bond acceptors (Lipinski definition) is 5. The minimum atomic E-state index is -4.09. The standard InChI is InChI=1S/C10H8BrFN2O3S2/c11-7-3-6(5-15)9(12)8(4-7)19(16,17)14-10-13-1-2-18-10/h1-4,15H,5H2,(H,13,14). The van der Waals surface area contributed by atoms with E-state index >= 15 is 0 Å². The van der Waals surface area contributed by atoms with Crippen molar-refractivity contribution in [2.75, 3.05) is 4.72 Å². The number of nitrogens with zero attached hydrogens (tertiary/aromatic N) is 1. The zero-order valence-electron chi connectivity index (χ0n) is 9.30. The van der Waals surface area contributed by atoms with Crippen LogP contribution in [0.3, 0.4) is 0 Å². The van der Waals surface area contributed by atoms with Crippen molar-refractivity contribution in [1.29, 1.82) is 0 Å². The Morgan fingerprint density at radius 2 is 2.21 bits per heavy atom. The number of aromatic nitrogens is 1. The Morgan fingerprint density at radius 3 is 2.79 bits per heavy atom. The van der Waals surface area contributed by atoms with Crippen molar-refractivity contribution in [2.45, 2.75) is 11.5 Å². The maximum Gasteiger partial charge on any atom is 0.266 e. The summed E-state index contributed by atoms with van der Waals surface area (Å²) in [5, 5.41) is 10.7. The van der Waals surface area contributed by atoms with E-state index in [2.05, 4.69) is 25.6 Å². The van der Waals surface area contributed by atoms with Crippen LogP contribution in [0.4, 0.5) is 9.52 Å². The van der Waals surface area contributed by atoms with Gasteiger partial charge in [0.15, 0.2) is 5.13 Å². The van der Waals surface area contributed by atoms with E-state index in [1.807, 2.05) is 0 Å². The molecule has 0 aliphatic heterocycles. The Labute approximate surface area is 121 Å². The fraction of sp³-hybridized carbons (Fsp3) is 0.100. The molecular weight excluding hydrogens is 359 g/mol. The molecule has 0 fully saturated rings. The lowest BCUT2D eigenvalue weighted by atomic mass is 10.2. The molecule has 1 aromatic heterocycles. The molecule has 0 aliphatic carbocycles. The smallest absolute Gasteiger partial charge is 0.266 e. The van der Waals surface area contributed by atoms with Crippen molar-refractivity contribution in [3.05, 3.63) is 39.6 Å².